The molecule has 102 valence electrons. The quantitative estimate of drug-likeness (QED) is 0.750. The lowest BCUT2D eigenvalue weighted by Crippen LogP contribution is -2.33. The molecule has 4 heteroatoms. The van der Waals surface area contributed by atoms with Crippen LogP contribution in [-0.4, -0.2) is 12.5 Å². The lowest BCUT2D eigenvalue weighted by Gasteiger charge is -2.36. The highest BCUT2D eigenvalue weighted by Gasteiger charge is 2.30. The highest BCUT2D eigenvalue weighted by atomic mass is 19.1. The van der Waals surface area contributed by atoms with Gasteiger partial charge in [-0.15, -0.1) is 0 Å². The number of halogens is 1. The molecule has 1 N–H and O–H groups in total. The minimum Gasteiger partial charge on any atom is -0.273 e. The second-order valence-corrected chi connectivity index (χ2v) is 5.98. The molecule has 1 aliphatic carbocycles. The van der Waals surface area contributed by atoms with Gasteiger partial charge in [-0.25, -0.2) is 9.23 Å². The van der Waals surface area contributed by atoms with E-state index in [4.69, 9.17) is 4.84 Å². The van der Waals surface area contributed by atoms with Crippen molar-refractivity contribution < 1.29 is 14.1 Å². The van der Waals surface area contributed by atoms with Crippen molar-refractivity contribution in [2.24, 2.45) is 11.3 Å². The van der Waals surface area contributed by atoms with Gasteiger partial charge in [-0.2, -0.15) is 0 Å². The normalized spacial score (nSPS) is 28.1. The predicted octanol–water partition coefficient (Wildman–Crippen LogP) is 3.75. The molecule has 0 aromatic carbocycles. The van der Waals surface area contributed by atoms with E-state index in [1.165, 1.54) is 12.8 Å². The summed E-state index contributed by atoms with van der Waals surface area (Å²) in [6.45, 7) is 8.58. The molecular formula is C13H26FNO2. The number of hydrogen-bond donors (Lipinski definition) is 1. The summed E-state index contributed by atoms with van der Waals surface area (Å²) in [7, 11) is 0. The Hall–Kier alpha value is -0.190. The van der Waals surface area contributed by atoms with Crippen molar-refractivity contribution in [1.29, 1.82) is 0 Å². The number of hydrogen-bond acceptors (Lipinski definition) is 3. The van der Waals surface area contributed by atoms with E-state index in [9.17, 15) is 4.39 Å². The van der Waals surface area contributed by atoms with Gasteiger partial charge in [0.2, 0.25) is 6.36 Å². The van der Waals surface area contributed by atoms with Crippen molar-refractivity contribution in [3.05, 3.63) is 0 Å². The van der Waals surface area contributed by atoms with Gasteiger partial charge in [-0.05, 0) is 37.0 Å². The van der Waals surface area contributed by atoms with E-state index >= 15 is 0 Å². The first-order valence-corrected chi connectivity index (χ1v) is 6.63. The van der Waals surface area contributed by atoms with E-state index in [0.717, 1.165) is 18.8 Å². The summed E-state index contributed by atoms with van der Waals surface area (Å²) in [5.41, 5.74) is 2.66. The summed E-state index contributed by atoms with van der Waals surface area (Å²) >= 11 is 0. The zero-order chi connectivity index (χ0) is 12.9. The molecule has 0 aromatic rings. The van der Waals surface area contributed by atoms with E-state index in [2.05, 4.69) is 31.3 Å². The fourth-order valence-corrected chi connectivity index (χ4v) is 2.28. The van der Waals surface area contributed by atoms with Crippen LogP contribution in [0.15, 0.2) is 0 Å². The van der Waals surface area contributed by atoms with Crippen LogP contribution < -0.4 is 5.64 Å². The fourth-order valence-electron chi connectivity index (χ4n) is 2.28. The van der Waals surface area contributed by atoms with Gasteiger partial charge in [0.05, 0.1) is 6.10 Å². The average molecular weight is 247 g/mol. The minimum absolute atomic E-state index is 0.151. The molecule has 0 aliphatic heterocycles. The number of nitrogens with one attached hydrogen (secondary N) is 1. The van der Waals surface area contributed by atoms with Crippen LogP contribution in [-0.2, 0) is 9.68 Å². The third-order valence-electron chi connectivity index (χ3n) is 3.61. The molecule has 1 atom stereocenters. The summed E-state index contributed by atoms with van der Waals surface area (Å²) in [4.78, 5) is 9.95. The van der Waals surface area contributed by atoms with Crippen LogP contribution in [0.2, 0.25) is 0 Å². The topological polar surface area (TPSA) is 30.5 Å². The van der Waals surface area contributed by atoms with Crippen LogP contribution >= 0.6 is 0 Å². The molecule has 0 spiro atoms. The summed E-state index contributed by atoms with van der Waals surface area (Å²) in [5.74, 6) is 0.757. The Morgan fingerprint density at radius 2 is 1.82 bits per heavy atom. The number of rotatable bonds is 5. The molecule has 0 aromatic heterocycles. The first kappa shape index (κ1) is 14.9. The molecule has 17 heavy (non-hydrogen) atoms. The Labute approximate surface area is 104 Å². The highest BCUT2D eigenvalue weighted by Crippen LogP contribution is 2.38. The Bertz CT molecular complexity index is 210. The van der Waals surface area contributed by atoms with E-state index in [1.54, 1.807) is 6.92 Å². The lowest BCUT2D eigenvalue weighted by molar-refractivity contribution is -0.253. The van der Waals surface area contributed by atoms with E-state index < -0.39 is 6.36 Å². The van der Waals surface area contributed by atoms with Crippen LogP contribution in [0.4, 0.5) is 4.39 Å². The summed E-state index contributed by atoms with van der Waals surface area (Å²) in [6.07, 6.45) is 3.56. The fraction of sp³-hybridized carbons (Fsp3) is 1.00. The lowest BCUT2D eigenvalue weighted by atomic mass is 9.72. The van der Waals surface area contributed by atoms with Gasteiger partial charge in [-0.3, -0.25) is 4.84 Å². The third-order valence-corrected chi connectivity index (χ3v) is 3.61. The molecule has 1 rings (SSSR count). The van der Waals surface area contributed by atoms with E-state index in [1.807, 2.05) is 0 Å². The second kappa shape index (κ2) is 6.66. The molecule has 1 unspecified atom stereocenters. The molecule has 3 nitrogen and oxygen atoms in total. The average Bonchev–Trinajstić information content (AvgIpc) is 2.28. The van der Waals surface area contributed by atoms with Gasteiger partial charge in [0, 0.05) is 6.42 Å². The van der Waals surface area contributed by atoms with Crippen molar-refractivity contribution >= 4 is 0 Å². The molecule has 0 saturated heterocycles. The molecule has 0 heterocycles. The maximum atomic E-state index is 12.7. The molecular weight excluding hydrogens is 221 g/mol. The zero-order valence-electron chi connectivity index (χ0n) is 11.5. The molecule has 0 bridgehead atoms. The second-order valence-electron chi connectivity index (χ2n) is 5.98. The first-order valence-electron chi connectivity index (χ1n) is 6.63. The van der Waals surface area contributed by atoms with Crippen LogP contribution in [0, 0.1) is 11.3 Å². The van der Waals surface area contributed by atoms with Gasteiger partial charge in [-0.1, -0.05) is 33.3 Å². The Kier molecular flexibility index (Phi) is 5.83. The minimum atomic E-state index is -1.29. The zero-order valence-corrected chi connectivity index (χ0v) is 11.5. The predicted molar refractivity (Wildman–Crippen MR) is 65.7 cm³/mol. The van der Waals surface area contributed by atoms with Crippen molar-refractivity contribution in [3.8, 4) is 0 Å². The largest absolute Gasteiger partial charge is 0.273 e. The van der Waals surface area contributed by atoms with E-state index in [-0.39, 0.29) is 6.10 Å². The van der Waals surface area contributed by atoms with Crippen LogP contribution in [0.25, 0.3) is 0 Å². The van der Waals surface area contributed by atoms with Gasteiger partial charge >= 0.3 is 0 Å². The Morgan fingerprint density at radius 1 is 1.24 bits per heavy atom. The van der Waals surface area contributed by atoms with Gasteiger partial charge in [0.15, 0.2) is 0 Å². The van der Waals surface area contributed by atoms with Gasteiger partial charge < -0.3 is 0 Å². The Morgan fingerprint density at radius 3 is 2.29 bits per heavy atom. The van der Waals surface area contributed by atoms with Crippen molar-refractivity contribution in [1.82, 2.24) is 5.64 Å². The molecule has 0 radical (unpaired) electrons. The summed E-state index contributed by atoms with van der Waals surface area (Å²) < 4.78 is 12.7. The van der Waals surface area contributed by atoms with Crippen LogP contribution in [0.5, 0.6) is 0 Å². The maximum absolute atomic E-state index is 12.7. The standard InChI is InChI=1S/C13H26FNO2/c1-5-12(14)17-15-16-11-8-6-10(7-9-11)13(2,3)4/h10-12,15H,5-9H2,1-4H3. The molecule has 1 saturated carbocycles. The highest BCUT2D eigenvalue weighted by molar-refractivity contribution is 4.80. The van der Waals surface area contributed by atoms with E-state index in [0.29, 0.717) is 11.8 Å². The summed E-state index contributed by atoms with van der Waals surface area (Å²) in [5, 5.41) is 0. The van der Waals surface area contributed by atoms with Crippen molar-refractivity contribution in [3.63, 3.8) is 0 Å². The van der Waals surface area contributed by atoms with Crippen molar-refractivity contribution in [2.45, 2.75) is 72.3 Å². The maximum Gasteiger partial charge on any atom is 0.220 e. The van der Waals surface area contributed by atoms with Crippen molar-refractivity contribution in [2.75, 3.05) is 0 Å². The number of alkyl halides is 1. The Balaban J connectivity index is 2.15. The van der Waals surface area contributed by atoms with Crippen LogP contribution in [0.3, 0.4) is 0 Å². The molecule has 0 amide bonds. The van der Waals surface area contributed by atoms with Crippen LogP contribution in [0.1, 0.15) is 59.8 Å². The molecule has 1 aliphatic rings. The first-order chi connectivity index (χ1) is 7.93. The monoisotopic (exact) mass is 247 g/mol. The van der Waals surface area contributed by atoms with Gasteiger partial charge in [0.1, 0.15) is 0 Å². The third kappa shape index (κ3) is 5.32. The summed E-state index contributed by atoms with van der Waals surface area (Å²) in [6, 6.07) is 0. The SMILES string of the molecule is CCC(F)ONOC1CCC(C(C)(C)C)CC1. The van der Waals surface area contributed by atoms with Gasteiger partial charge in [0.25, 0.3) is 0 Å². The smallest absolute Gasteiger partial charge is 0.220 e. The molecule has 1 fully saturated rings.